The van der Waals surface area contributed by atoms with Crippen molar-refractivity contribution >= 4 is 53.9 Å². The van der Waals surface area contributed by atoms with Crippen LogP contribution in [0.25, 0.3) is 65.0 Å². The molecule has 0 amide bonds. The molecular formula is C34H30N2O5. The van der Waals surface area contributed by atoms with Gasteiger partial charge in [0.25, 0.3) is 16.7 Å². The van der Waals surface area contributed by atoms with Crippen LogP contribution in [0.3, 0.4) is 0 Å². The van der Waals surface area contributed by atoms with Gasteiger partial charge in [-0.3, -0.25) is 28.3 Å². The Morgan fingerprint density at radius 2 is 1.05 bits per heavy atom. The van der Waals surface area contributed by atoms with Crippen LogP contribution in [0.4, 0.5) is 0 Å². The number of rotatable bonds is 6. The largest absolute Gasteiger partial charge is 0.494 e. The van der Waals surface area contributed by atoms with Gasteiger partial charge in [-0.1, -0.05) is 45.9 Å². The second-order valence-electron chi connectivity index (χ2n) is 11.2. The Balaban J connectivity index is 1.73. The van der Waals surface area contributed by atoms with Gasteiger partial charge in [-0.15, -0.1) is 0 Å². The molecule has 0 atom stereocenters. The molecule has 7 heteroatoms. The second-order valence-corrected chi connectivity index (χ2v) is 11.2. The van der Waals surface area contributed by atoms with Crippen LogP contribution >= 0.6 is 0 Å². The van der Waals surface area contributed by atoms with Crippen LogP contribution in [0.5, 0.6) is 5.88 Å². The highest BCUT2D eigenvalue weighted by Crippen LogP contribution is 2.46. The molecule has 7 rings (SSSR count). The summed E-state index contributed by atoms with van der Waals surface area (Å²) in [6, 6.07) is 11.8. The van der Waals surface area contributed by atoms with Gasteiger partial charge in [0.1, 0.15) is 0 Å². The summed E-state index contributed by atoms with van der Waals surface area (Å²) in [5.41, 5.74) is -0.566. The summed E-state index contributed by atoms with van der Waals surface area (Å²) in [5, 5.41) is 17.4. The second kappa shape index (κ2) is 8.74. The molecule has 4 aromatic carbocycles. The summed E-state index contributed by atoms with van der Waals surface area (Å²) in [7, 11) is 0. The van der Waals surface area contributed by atoms with Crippen LogP contribution in [0, 0.1) is 0 Å². The summed E-state index contributed by atoms with van der Waals surface area (Å²) < 4.78 is 2.81. The van der Waals surface area contributed by atoms with E-state index >= 15 is 0 Å². The van der Waals surface area contributed by atoms with Gasteiger partial charge < -0.3 is 5.11 Å². The zero-order chi connectivity index (χ0) is 28.9. The number of pyridine rings is 2. The lowest BCUT2D eigenvalue weighted by atomic mass is 9.83. The smallest absolute Gasteiger partial charge is 0.261 e. The van der Waals surface area contributed by atoms with Crippen LogP contribution in [0.15, 0.2) is 61.6 Å². The number of nitrogens with zero attached hydrogens (tertiary/aromatic N) is 2. The Labute approximate surface area is 234 Å². The van der Waals surface area contributed by atoms with Crippen molar-refractivity contribution in [3.05, 3.63) is 83.7 Å². The summed E-state index contributed by atoms with van der Waals surface area (Å²) in [4.78, 5) is 55.1. The number of fused-ring (bicyclic) bond motifs is 2. The number of hydrogen-bond acceptors (Lipinski definition) is 5. The van der Waals surface area contributed by atoms with E-state index in [1.54, 1.807) is 18.2 Å². The van der Waals surface area contributed by atoms with Crippen molar-refractivity contribution in [1.29, 1.82) is 0 Å². The van der Waals surface area contributed by atoms with Gasteiger partial charge >= 0.3 is 0 Å². The monoisotopic (exact) mass is 546 g/mol. The number of hydrogen-bond donors (Lipinski definition) is 1. The van der Waals surface area contributed by atoms with Gasteiger partial charge in [-0.25, -0.2) is 0 Å². The molecule has 0 unspecified atom stereocenters. The van der Waals surface area contributed by atoms with E-state index in [-0.39, 0.29) is 40.1 Å². The fraction of sp³-hybridized carbons (Fsp3) is 0.294. The van der Waals surface area contributed by atoms with E-state index in [1.807, 2.05) is 45.9 Å². The Morgan fingerprint density at radius 3 is 1.71 bits per heavy atom. The Bertz CT molecular complexity index is 2360. The molecule has 1 aliphatic heterocycles. The lowest BCUT2D eigenvalue weighted by Gasteiger charge is -2.23. The maximum absolute atomic E-state index is 13.9. The van der Waals surface area contributed by atoms with Gasteiger partial charge in [0, 0.05) is 50.0 Å². The average Bonchev–Trinajstić information content (AvgIpc) is 2.98. The summed E-state index contributed by atoms with van der Waals surface area (Å²) in [6.45, 7) is 7.88. The van der Waals surface area contributed by atoms with E-state index in [4.69, 9.17) is 0 Å². The molecule has 206 valence electrons. The topological polar surface area (TPSA) is 98.4 Å². The van der Waals surface area contributed by atoms with E-state index < -0.39 is 5.56 Å². The Kier molecular flexibility index (Phi) is 5.42. The third-order valence-electron chi connectivity index (χ3n) is 9.40. The molecule has 1 N–H and O–H groups in total. The molecule has 41 heavy (non-hydrogen) atoms. The van der Waals surface area contributed by atoms with Crippen LogP contribution in [0.1, 0.15) is 65.5 Å². The van der Waals surface area contributed by atoms with E-state index in [1.165, 1.54) is 15.2 Å². The molecule has 5 aromatic rings. The molecule has 0 saturated carbocycles. The first-order chi connectivity index (χ1) is 19.8. The minimum Gasteiger partial charge on any atom is -0.494 e. The first-order valence-corrected chi connectivity index (χ1v) is 14.5. The van der Waals surface area contributed by atoms with Gasteiger partial charge in [0.05, 0.1) is 5.56 Å². The van der Waals surface area contributed by atoms with Crippen LogP contribution in [-0.4, -0.2) is 14.2 Å². The van der Waals surface area contributed by atoms with Crippen molar-refractivity contribution in [3.8, 4) is 17.0 Å². The van der Waals surface area contributed by atoms with E-state index in [2.05, 4.69) is 0 Å². The minimum absolute atomic E-state index is 0.0732. The van der Waals surface area contributed by atoms with E-state index in [9.17, 15) is 24.3 Å². The molecule has 7 nitrogen and oxygen atoms in total. The zero-order valence-electron chi connectivity index (χ0n) is 23.5. The predicted molar refractivity (Wildman–Crippen MR) is 166 cm³/mol. The first kappa shape index (κ1) is 25.4. The van der Waals surface area contributed by atoms with E-state index in [0.29, 0.717) is 69.0 Å². The van der Waals surface area contributed by atoms with Crippen molar-refractivity contribution in [2.45, 2.75) is 65.5 Å². The average molecular weight is 547 g/mol. The first-order valence-electron chi connectivity index (χ1n) is 14.5. The van der Waals surface area contributed by atoms with Crippen LogP contribution < -0.4 is 22.1 Å². The number of aromatic hydroxyl groups is 1. The number of aromatic nitrogens is 2. The highest BCUT2D eigenvalue weighted by Gasteiger charge is 2.29. The standard InChI is InChI=1S/C34H30N2O5/c1-5-16(6-2)35-31(38)21-12-9-18-19-10-13-23-28-24(34(41)36(33(23)40)17(7-3)8-4)15-25(37)29(30(19)28)20-11-14-22(32(35)39)27(21)26(18)20/h9-17,38H,5-8H2,1-4H3. The number of benzene rings is 5. The van der Waals surface area contributed by atoms with Gasteiger partial charge in [0.2, 0.25) is 5.88 Å². The molecule has 1 aliphatic carbocycles. The fourth-order valence-electron chi connectivity index (χ4n) is 7.36. The normalized spacial score (nSPS) is 12.7. The molecule has 2 aliphatic rings. The van der Waals surface area contributed by atoms with Crippen molar-refractivity contribution in [2.75, 3.05) is 0 Å². The van der Waals surface area contributed by atoms with Crippen LogP contribution in [-0.2, 0) is 0 Å². The van der Waals surface area contributed by atoms with Crippen molar-refractivity contribution < 1.29 is 5.11 Å². The van der Waals surface area contributed by atoms with Crippen molar-refractivity contribution in [2.24, 2.45) is 0 Å². The minimum atomic E-state index is -0.431. The summed E-state index contributed by atoms with van der Waals surface area (Å²) in [5.74, 6) is -0.0732. The molecule has 0 radical (unpaired) electrons. The third kappa shape index (κ3) is 3.03. The maximum Gasteiger partial charge on any atom is 0.261 e. The van der Waals surface area contributed by atoms with Gasteiger partial charge in [0.15, 0.2) is 5.43 Å². The summed E-state index contributed by atoms with van der Waals surface area (Å²) in [6.07, 6.45) is 2.66. The Morgan fingerprint density at radius 1 is 0.561 bits per heavy atom. The lowest BCUT2D eigenvalue weighted by Crippen LogP contribution is -2.38. The summed E-state index contributed by atoms with van der Waals surface area (Å²) >= 11 is 0. The fourth-order valence-corrected chi connectivity index (χ4v) is 7.36. The van der Waals surface area contributed by atoms with Gasteiger partial charge in [-0.2, -0.15) is 0 Å². The predicted octanol–water partition coefficient (Wildman–Crippen LogP) is 6.34. The molecule has 2 heterocycles. The van der Waals surface area contributed by atoms with E-state index in [0.717, 1.165) is 16.2 Å². The maximum atomic E-state index is 13.9. The third-order valence-corrected chi connectivity index (χ3v) is 9.40. The van der Waals surface area contributed by atoms with Crippen LogP contribution in [0.2, 0.25) is 0 Å². The zero-order valence-corrected chi connectivity index (χ0v) is 23.5. The highest BCUT2D eigenvalue weighted by molar-refractivity contribution is 6.37. The molecule has 0 spiro atoms. The SMILES string of the molecule is CCC(CC)n1c(O)c2ccc3c4ccc5c6c4c(c(=O)cc-6c(=O)n(C(CC)CC)c5=O)c4ccc(c1=O)c2c34. The molecule has 0 saturated heterocycles. The highest BCUT2D eigenvalue weighted by atomic mass is 16.3. The molecule has 0 bridgehead atoms. The Hall–Kier alpha value is -4.52. The van der Waals surface area contributed by atoms with Gasteiger partial charge in [-0.05, 0) is 71.5 Å². The van der Waals surface area contributed by atoms with Crippen molar-refractivity contribution in [3.63, 3.8) is 0 Å². The lowest BCUT2D eigenvalue weighted by molar-refractivity contribution is 0.362. The molecule has 0 fully saturated rings. The molecule has 1 aromatic heterocycles. The quantitative estimate of drug-likeness (QED) is 0.194. The van der Waals surface area contributed by atoms with Crippen molar-refractivity contribution in [1.82, 2.24) is 9.13 Å². The molecular weight excluding hydrogens is 516 g/mol.